The summed E-state index contributed by atoms with van der Waals surface area (Å²) in [7, 11) is 0. The molecule has 2 aromatic rings. The van der Waals surface area contributed by atoms with E-state index in [-0.39, 0.29) is 5.78 Å². The normalized spacial score (nSPS) is 11.3. The number of nitrogens with zero attached hydrogens (tertiary/aromatic N) is 1. The van der Waals surface area contributed by atoms with Gasteiger partial charge in [-0.15, -0.1) is 0 Å². The Balaban J connectivity index is 2.05. The maximum Gasteiger partial charge on any atom is 0.338 e. The SMILES string of the molecule is C[C@H](OC(=O)c1ccc(C#N)cc1)C(=O)c1ccc(Br)cc1. The van der Waals surface area contributed by atoms with Crippen molar-refractivity contribution in [3.8, 4) is 6.07 Å². The van der Waals surface area contributed by atoms with Gasteiger partial charge in [0, 0.05) is 10.0 Å². The van der Waals surface area contributed by atoms with Crippen LogP contribution in [0.25, 0.3) is 0 Å². The molecule has 2 rings (SSSR count). The number of rotatable bonds is 4. The Labute approximate surface area is 136 Å². The Morgan fingerprint density at radius 1 is 1.05 bits per heavy atom. The summed E-state index contributed by atoms with van der Waals surface area (Å²) in [6.45, 7) is 1.53. The maximum absolute atomic E-state index is 12.2. The van der Waals surface area contributed by atoms with Crippen LogP contribution in [0.2, 0.25) is 0 Å². The number of hydrogen-bond donors (Lipinski definition) is 0. The molecule has 0 aliphatic carbocycles. The van der Waals surface area contributed by atoms with Gasteiger partial charge in [0.05, 0.1) is 17.2 Å². The average molecular weight is 358 g/mol. The van der Waals surface area contributed by atoms with Crippen molar-refractivity contribution in [1.29, 1.82) is 5.26 Å². The van der Waals surface area contributed by atoms with Gasteiger partial charge in [0.1, 0.15) is 0 Å². The number of ketones is 1. The third kappa shape index (κ3) is 3.80. The summed E-state index contributed by atoms with van der Waals surface area (Å²) in [6, 6.07) is 14.8. The zero-order valence-electron chi connectivity index (χ0n) is 11.7. The van der Waals surface area contributed by atoms with Crippen LogP contribution in [0.3, 0.4) is 0 Å². The van der Waals surface area contributed by atoms with Gasteiger partial charge in [0.2, 0.25) is 5.78 Å². The van der Waals surface area contributed by atoms with Crippen LogP contribution in [-0.4, -0.2) is 17.9 Å². The second-order valence-electron chi connectivity index (χ2n) is 4.61. The molecule has 1 atom stereocenters. The molecule has 4 nitrogen and oxygen atoms in total. The smallest absolute Gasteiger partial charge is 0.338 e. The van der Waals surface area contributed by atoms with Crippen LogP contribution < -0.4 is 0 Å². The largest absolute Gasteiger partial charge is 0.451 e. The number of Topliss-reactive ketones (excluding diaryl/α,β-unsaturated/α-hetero) is 1. The molecule has 0 radical (unpaired) electrons. The molecule has 0 saturated carbocycles. The zero-order valence-corrected chi connectivity index (χ0v) is 13.3. The van der Waals surface area contributed by atoms with E-state index in [1.165, 1.54) is 31.2 Å². The van der Waals surface area contributed by atoms with Crippen molar-refractivity contribution in [2.75, 3.05) is 0 Å². The lowest BCUT2D eigenvalue weighted by Gasteiger charge is -2.12. The molecule has 0 spiro atoms. The molecule has 22 heavy (non-hydrogen) atoms. The first kappa shape index (κ1) is 15.9. The average Bonchev–Trinajstić information content (AvgIpc) is 2.54. The molecule has 0 heterocycles. The quantitative estimate of drug-likeness (QED) is 0.617. The van der Waals surface area contributed by atoms with E-state index in [0.29, 0.717) is 16.7 Å². The molecule has 0 aliphatic heterocycles. The fraction of sp³-hybridized carbons (Fsp3) is 0.118. The Morgan fingerprint density at radius 3 is 2.14 bits per heavy atom. The molecule has 0 saturated heterocycles. The predicted octanol–water partition coefficient (Wildman–Crippen LogP) is 3.75. The van der Waals surface area contributed by atoms with Crippen LogP contribution in [-0.2, 0) is 4.74 Å². The number of esters is 1. The number of halogens is 1. The van der Waals surface area contributed by atoms with E-state index in [1.54, 1.807) is 24.3 Å². The Bertz CT molecular complexity index is 730. The molecule has 110 valence electrons. The van der Waals surface area contributed by atoms with E-state index in [9.17, 15) is 9.59 Å². The summed E-state index contributed by atoms with van der Waals surface area (Å²) in [5.41, 5.74) is 1.23. The van der Waals surface area contributed by atoms with Gasteiger partial charge in [-0.25, -0.2) is 4.79 Å². The Kier molecular flexibility index (Phi) is 5.08. The van der Waals surface area contributed by atoms with Crippen molar-refractivity contribution < 1.29 is 14.3 Å². The highest BCUT2D eigenvalue weighted by Gasteiger charge is 2.20. The van der Waals surface area contributed by atoms with Gasteiger partial charge in [-0.3, -0.25) is 4.79 Å². The number of hydrogen-bond acceptors (Lipinski definition) is 4. The van der Waals surface area contributed by atoms with Crippen molar-refractivity contribution in [2.45, 2.75) is 13.0 Å². The highest BCUT2D eigenvalue weighted by molar-refractivity contribution is 9.10. The molecule has 5 heteroatoms. The van der Waals surface area contributed by atoms with Gasteiger partial charge in [-0.05, 0) is 43.3 Å². The summed E-state index contributed by atoms with van der Waals surface area (Å²) in [5.74, 6) is -0.864. The van der Waals surface area contributed by atoms with Gasteiger partial charge < -0.3 is 4.74 Å². The van der Waals surface area contributed by atoms with Crippen molar-refractivity contribution in [2.24, 2.45) is 0 Å². The van der Waals surface area contributed by atoms with Crippen molar-refractivity contribution in [3.63, 3.8) is 0 Å². The summed E-state index contributed by atoms with van der Waals surface area (Å²) in [4.78, 5) is 24.2. The number of carbonyl (C=O) groups excluding carboxylic acids is 2. The zero-order chi connectivity index (χ0) is 16.1. The van der Waals surface area contributed by atoms with Crippen molar-refractivity contribution in [1.82, 2.24) is 0 Å². The van der Waals surface area contributed by atoms with Gasteiger partial charge in [0.25, 0.3) is 0 Å². The second-order valence-corrected chi connectivity index (χ2v) is 5.52. The summed E-state index contributed by atoms with van der Waals surface area (Å²) in [6.07, 6.45) is -0.885. The van der Waals surface area contributed by atoms with Crippen LogP contribution in [0.1, 0.15) is 33.2 Å². The molecule has 2 aromatic carbocycles. The second kappa shape index (κ2) is 7.01. The first-order valence-electron chi connectivity index (χ1n) is 6.52. The first-order valence-corrected chi connectivity index (χ1v) is 7.31. The third-order valence-corrected chi connectivity index (χ3v) is 3.56. The maximum atomic E-state index is 12.2. The van der Waals surface area contributed by atoms with E-state index in [1.807, 2.05) is 6.07 Å². The molecular formula is C17H12BrNO3. The highest BCUT2D eigenvalue weighted by Crippen LogP contribution is 2.14. The topological polar surface area (TPSA) is 67.2 Å². The van der Waals surface area contributed by atoms with Crippen molar-refractivity contribution >= 4 is 27.7 Å². The van der Waals surface area contributed by atoms with Gasteiger partial charge in [0.15, 0.2) is 6.10 Å². The predicted molar refractivity (Wildman–Crippen MR) is 84.5 cm³/mol. The van der Waals surface area contributed by atoms with E-state index in [4.69, 9.17) is 10.00 Å². The number of nitriles is 1. The minimum Gasteiger partial charge on any atom is -0.451 e. The summed E-state index contributed by atoms with van der Waals surface area (Å²) >= 11 is 3.29. The molecule has 0 N–H and O–H groups in total. The van der Waals surface area contributed by atoms with E-state index in [2.05, 4.69) is 15.9 Å². The molecule has 0 fully saturated rings. The lowest BCUT2D eigenvalue weighted by atomic mass is 10.1. The lowest BCUT2D eigenvalue weighted by Crippen LogP contribution is -2.24. The van der Waals surface area contributed by atoms with Gasteiger partial charge >= 0.3 is 5.97 Å². The summed E-state index contributed by atoms with van der Waals surface area (Å²) < 4.78 is 6.04. The number of carbonyl (C=O) groups is 2. The molecule has 0 unspecified atom stereocenters. The minimum absolute atomic E-state index is 0.269. The Hall–Kier alpha value is -2.45. The van der Waals surface area contributed by atoms with Crippen molar-refractivity contribution in [3.05, 3.63) is 69.7 Å². The highest BCUT2D eigenvalue weighted by atomic mass is 79.9. The fourth-order valence-corrected chi connectivity index (χ4v) is 2.08. The van der Waals surface area contributed by atoms with Crippen LogP contribution >= 0.6 is 15.9 Å². The summed E-state index contributed by atoms with van der Waals surface area (Å²) in [5, 5.41) is 8.72. The molecular weight excluding hydrogens is 346 g/mol. The van der Waals surface area contributed by atoms with E-state index < -0.39 is 12.1 Å². The van der Waals surface area contributed by atoms with Crippen LogP contribution in [0.5, 0.6) is 0 Å². The van der Waals surface area contributed by atoms with Crippen LogP contribution in [0.15, 0.2) is 53.0 Å². The van der Waals surface area contributed by atoms with E-state index >= 15 is 0 Å². The first-order chi connectivity index (χ1) is 10.5. The van der Waals surface area contributed by atoms with Crippen LogP contribution in [0, 0.1) is 11.3 Å². The minimum atomic E-state index is -0.885. The number of ether oxygens (including phenoxy) is 1. The van der Waals surface area contributed by atoms with Gasteiger partial charge in [-0.1, -0.05) is 28.1 Å². The monoisotopic (exact) mass is 357 g/mol. The Morgan fingerprint density at radius 2 is 1.59 bits per heavy atom. The standard InChI is InChI=1S/C17H12BrNO3/c1-11(16(20)13-6-8-15(18)9-7-13)22-17(21)14-4-2-12(10-19)3-5-14/h2-9,11H,1H3/t11-/m0/s1. The van der Waals surface area contributed by atoms with Gasteiger partial charge in [-0.2, -0.15) is 5.26 Å². The fourth-order valence-electron chi connectivity index (χ4n) is 1.81. The molecule has 0 amide bonds. The lowest BCUT2D eigenvalue weighted by molar-refractivity contribution is 0.0319. The number of benzene rings is 2. The third-order valence-electron chi connectivity index (χ3n) is 3.03. The molecule has 0 aromatic heterocycles. The van der Waals surface area contributed by atoms with E-state index in [0.717, 1.165) is 4.47 Å². The van der Waals surface area contributed by atoms with Crippen LogP contribution in [0.4, 0.5) is 0 Å². The molecule has 0 aliphatic rings. The molecule has 0 bridgehead atoms.